The summed E-state index contributed by atoms with van der Waals surface area (Å²) in [6, 6.07) is 11.4. The van der Waals surface area contributed by atoms with Gasteiger partial charge in [-0.15, -0.1) is 0 Å². The molecule has 1 atom stereocenters. The molecule has 7 heteroatoms. The Labute approximate surface area is 152 Å². The van der Waals surface area contributed by atoms with E-state index in [0.29, 0.717) is 24.2 Å². The smallest absolute Gasteiger partial charge is 0.245 e. The Morgan fingerprint density at radius 2 is 1.77 bits per heavy atom. The topological polar surface area (TPSA) is 66.5 Å². The lowest BCUT2D eigenvalue weighted by atomic mass is 10.1. The van der Waals surface area contributed by atoms with Crippen molar-refractivity contribution in [2.45, 2.75) is 30.7 Å². The summed E-state index contributed by atoms with van der Waals surface area (Å²) in [6.07, 6.45) is 1.79. The van der Waals surface area contributed by atoms with E-state index in [4.69, 9.17) is 0 Å². The monoisotopic (exact) mass is 376 g/mol. The first kappa shape index (κ1) is 18.5. The number of carbonyl (C=O) groups excluding carboxylic acids is 1. The lowest BCUT2D eigenvalue weighted by Crippen LogP contribution is -2.42. The summed E-state index contributed by atoms with van der Waals surface area (Å²) in [5.41, 5.74) is 1.15. The second-order valence-corrected chi connectivity index (χ2v) is 8.11. The van der Waals surface area contributed by atoms with E-state index >= 15 is 0 Å². The molecule has 1 aliphatic heterocycles. The molecule has 1 fully saturated rings. The Morgan fingerprint density at radius 1 is 1.12 bits per heavy atom. The molecule has 1 aliphatic rings. The molecule has 0 aliphatic carbocycles. The Hall–Kier alpha value is -2.25. The van der Waals surface area contributed by atoms with E-state index in [2.05, 4.69) is 4.72 Å². The van der Waals surface area contributed by atoms with Gasteiger partial charge in [0.15, 0.2) is 0 Å². The van der Waals surface area contributed by atoms with Gasteiger partial charge in [-0.1, -0.05) is 36.4 Å². The van der Waals surface area contributed by atoms with Gasteiger partial charge in [-0.3, -0.25) is 4.79 Å². The number of rotatable bonds is 5. The van der Waals surface area contributed by atoms with E-state index in [-0.39, 0.29) is 5.91 Å². The lowest BCUT2D eigenvalue weighted by Gasteiger charge is -2.24. The van der Waals surface area contributed by atoms with Crippen molar-refractivity contribution in [3.63, 3.8) is 0 Å². The molecule has 0 bridgehead atoms. The maximum atomic E-state index is 14.1. The second-order valence-electron chi connectivity index (χ2n) is 6.43. The fraction of sp³-hybridized carbons (Fsp3) is 0.316. The number of amides is 1. The van der Waals surface area contributed by atoms with Crippen LogP contribution in [0.5, 0.6) is 0 Å². The van der Waals surface area contributed by atoms with Crippen LogP contribution in [0.2, 0.25) is 0 Å². The molecular weight excluding hydrogens is 355 g/mol. The van der Waals surface area contributed by atoms with Crippen LogP contribution in [0.3, 0.4) is 0 Å². The third-order valence-electron chi connectivity index (χ3n) is 4.45. The van der Waals surface area contributed by atoms with Crippen LogP contribution >= 0.6 is 0 Å². The number of nitrogens with zero attached hydrogens (tertiary/aromatic N) is 1. The normalized spacial score (nSPS) is 15.8. The minimum Gasteiger partial charge on any atom is -0.341 e. The maximum Gasteiger partial charge on any atom is 0.245 e. The standard InChI is InChI=1S/C19H21FN2O3S/c1-14-9-10-16(20)17(13-14)26(24,25)21-18(15-7-3-2-4-8-15)19(23)22-11-5-6-12-22/h2-4,7-10,13,18,21H,5-6,11-12H2,1H3/t18-/m0/s1. The van der Waals surface area contributed by atoms with Crippen LogP contribution in [0.25, 0.3) is 0 Å². The van der Waals surface area contributed by atoms with E-state index < -0.39 is 26.8 Å². The number of halogens is 1. The first-order valence-corrected chi connectivity index (χ1v) is 9.99. The van der Waals surface area contributed by atoms with Crippen molar-refractivity contribution >= 4 is 15.9 Å². The summed E-state index contributed by atoms with van der Waals surface area (Å²) in [7, 11) is -4.21. The molecule has 0 unspecified atom stereocenters. The van der Waals surface area contributed by atoms with Gasteiger partial charge in [0.1, 0.15) is 16.8 Å². The van der Waals surface area contributed by atoms with E-state index in [9.17, 15) is 17.6 Å². The minimum atomic E-state index is -4.21. The summed E-state index contributed by atoms with van der Waals surface area (Å²) in [6.45, 7) is 2.88. The molecule has 3 rings (SSSR count). The molecule has 1 N–H and O–H groups in total. The van der Waals surface area contributed by atoms with Gasteiger partial charge in [0.05, 0.1) is 0 Å². The number of hydrogen-bond acceptors (Lipinski definition) is 3. The molecular formula is C19H21FN2O3S. The molecule has 0 saturated carbocycles. The average molecular weight is 376 g/mol. The van der Waals surface area contributed by atoms with Crippen LogP contribution in [-0.2, 0) is 14.8 Å². The lowest BCUT2D eigenvalue weighted by molar-refractivity contribution is -0.132. The van der Waals surface area contributed by atoms with Gasteiger partial charge >= 0.3 is 0 Å². The molecule has 2 aromatic rings. The fourth-order valence-corrected chi connectivity index (χ4v) is 4.40. The Bertz CT molecular complexity index is 894. The summed E-state index contributed by atoms with van der Waals surface area (Å²) in [5, 5.41) is 0. The predicted octanol–water partition coefficient (Wildman–Crippen LogP) is 2.78. The van der Waals surface area contributed by atoms with Gasteiger partial charge in [-0.2, -0.15) is 4.72 Å². The highest BCUT2D eigenvalue weighted by molar-refractivity contribution is 7.89. The molecule has 1 amide bonds. The van der Waals surface area contributed by atoms with Gasteiger partial charge in [-0.25, -0.2) is 12.8 Å². The molecule has 0 spiro atoms. The van der Waals surface area contributed by atoms with Gasteiger partial charge < -0.3 is 4.90 Å². The number of carbonyl (C=O) groups is 1. The van der Waals surface area contributed by atoms with Crippen molar-refractivity contribution in [2.75, 3.05) is 13.1 Å². The van der Waals surface area contributed by atoms with Gasteiger partial charge in [-0.05, 0) is 43.0 Å². The summed E-state index contributed by atoms with van der Waals surface area (Å²) >= 11 is 0. The number of aryl methyl sites for hydroxylation is 1. The highest BCUT2D eigenvalue weighted by Gasteiger charge is 2.32. The van der Waals surface area contributed by atoms with Crippen LogP contribution in [-0.4, -0.2) is 32.3 Å². The van der Waals surface area contributed by atoms with Crippen LogP contribution in [0.4, 0.5) is 4.39 Å². The first-order valence-electron chi connectivity index (χ1n) is 8.51. The first-order chi connectivity index (χ1) is 12.4. The highest BCUT2D eigenvalue weighted by atomic mass is 32.2. The molecule has 5 nitrogen and oxygen atoms in total. The van der Waals surface area contributed by atoms with Crippen molar-refractivity contribution < 1.29 is 17.6 Å². The van der Waals surface area contributed by atoms with Crippen LogP contribution in [0.15, 0.2) is 53.4 Å². The van der Waals surface area contributed by atoms with Gasteiger partial charge in [0.2, 0.25) is 15.9 Å². The van der Waals surface area contributed by atoms with Crippen LogP contribution in [0, 0.1) is 12.7 Å². The Kier molecular flexibility index (Phi) is 5.38. The Balaban J connectivity index is 1.97. The van der Waals surface area contributed by atoms with Gasteiger partial charge in [0.25, 0.3) is 0 Å². The maximum absolute atomic E-state index is 14.1. The Morgan fingerprint density at radius 3 is 2.42 bits per heavy atom. The number of sulfonamides is 1. The average Bonchev–Trinajstić information content (AvgIpc) is 3.16. The van der Waals surface area contributed by atoms with Crippen LogP contribution < -0.4 is 4.72 Å². The van der Waals surface area contributed by atoms with E-state index in [1.54, 1.807) is 42.2 Å². The largest absolute Gasteiger partial charge is 0.341 e. The SMILES string of the molecule is Cc1ccc(F)c(S(=O)(=O)N[C@H](C(=O)N2CCCC2)c2ccccc2)c1. The number of benzene rings is 2. The zero-order valence-electron chi connectivity index (χ0n) is 14.5. The number of hydrogen-bond donors (Lipinski definition) is 1. The van der Waals surface area contributed by atoms with E-state index in [1.165, 1.54) is 12.1 Å². The van der Waals surface area contributed by atoms with Crippen LogP contribution in [0.1, 0.15) is 30.0 Å². The molecule has 1 saturated heterocycles. The van der Waals surface area contributed by atoms with Gasteiger partial charge in [0, 0.05) is 13.1 Å². The zero-order valence-corrected chi connectivity index (χ0v) is 15.3. The van der Waals surface area contributed by atoms with Crippen molar-refractivity contribution in [3.05, 3.63) is 65.5 Å². The predicted molar refractivity (Wildman–Crippen MR) is 96.5 cm³/mol. The van der Waals surface area contributed by atoms with Crippen molar-refractivity contribution in [2.24, 2.45) is 0 Å². The van der Waals surface area contributed by atoms with Crippen molar-refractivity contribution in [1.82, 2.24) is 9.62 Å². The fourth-order valence-electron chi connectivity index (χ4n) is 3.06. The quantitative estimate of drug-likeness (QED) is 0.873. The summed E-state index contributed by atoms with van der Waals surface area (Å²) in [4.78, 5) is 14.1. The minimum absolute atomic E-state index is 0.315. The molecule has 138 valence electrons. The molecule has 26 heavy (non-hydrogen) atoms. The highest BCUT2D eigenvalue weighted by Crippen LogP contribution is 2.23. The van der Waals surface area contributed by atoms with Crippen molar-refractivity contribution in [3.8, 4) is 0 Å². The second kappa shape index (κ2) is 7.55. The zero-order chi connectivity index (χ0) is 18.7. The third kappa shape index (κ3) is 3.94. The van der Waals surface area contributed by atoms with E-state index in [0.717, 1.165) is 18.9 Å². The number of likely N-dealkylation sites (tertiary alicyclic amines) is 1. The molecule has 2 aromatic carbocycles. The molecule has 0 radical (unpaired) electrons. The molecule has 1 heterocycles. The summed E-state index contributed by atoms with van der Waals surface area (Å²) in [5.74, 6) is -1.16. The number of nitrogens with one attached hydrogen (secondary N) is 1. The third-order valence-corrected chi connectivity index (χ3v) is 5.88. The van der Waals surface area contributed by atoms with E-state index in [1.807, 2.05) is 0 Å². The van der Waals surface area contributed by atoms with Crippen molar-refractivity contribution in [1.29, 1.82) is 0 Å². The summed E-state index contributed by atoms with van der Waals surface area (Å²) < 4.78 is 42.1. The molecule has 0 aromatic heterocycles.